The molecule has 1 aliphatic carbocycles. The van der Waals surface area contributed by atoms with Gasteiger partial charge in [0.15, 0.2) is 11.6 Å². The number of hydrogen-bond donors (Lipinski definition) is 1. The van der Waals surface area contributed by atoms with Gasteiger partial charge in [0.2, 0.25) is 0 Å². The van der Waals surface area contributed by atoms with Crippen molar-refractivity contribution in [3.8, 4) is 5.75 Å². The lowest BCUT2D eigenvalue weighted by molar-refractivity contribution is 0.298. The highest BCUT2D eigenvalue weighted by Crippen LogP contribution is 2.36. The van der Waals surface area contributed by atoms with Crippen LogP contribution in [0.2, 0.25) is 10.2 Å². The lowest BCUT2D eigenvalue weighted by Gasteiger charge is -2.12. The maximum atomic E-state index is 14.6. The molecule has 4 rings (SSSR count). The first-order chi connectivity index (χ1) is 12.1. The van der Waals surface area contributed by atoms with Crippen molar-refractivity contribution in [2.45, 2.75) is 12.8 Å². The minimum Gasteiger partial charge on any atom is -0.492 e. The summed E-state index contributed by atoms with van der Waals surface area (Å²) in [5.41, 5.74) is 1.21. The average Bonchev–Trinajstić information content (AvgIpc) is 3.43. The number of aromatic nitrogens is 3. The Hall–Kier alpha value is -2.18. The highest BCUT2D eigenvalue weighted by Gasteiger charge is 2.23. The quantitative estimate of drug-likeness (QED) is 0.632. The van der Waals surface area contributed by atoms with Crippen LogP contribution in [-0.2, 0) is 0 Å². The van der Waals surface area contributed by atoms with Crippen LogP contribution in [0.15, 0.2) is 30.6 Å². The number of anilines is 2. The molecule has 0 spiro atoms. The molecule has 1 aliphatic rings. The smallest absolute Gasteiger partial charge is 0.169 e. The van der Waals surface area contributed by atoms with Gasteiger partial charge < -0.3 is 10.1 Å². The molecule has 25 heavy (non-hydrogen) atoms. The van der Waals surface area contributed by atoms with Crippen LogP contribution in [0.3, 0.4) is 0 Å². The normalized spacial score (nSPS) is 13.9. The second kappa shape index (κ2) is 6.61. The van der Waals surface area contributed by atoms with E-state index in [1.165, 1.54) is 6.33 Å². The van der Waals surface area contributed by atoms with E-state index in [2.05, 4.69) is 20.3 Å². The number of benzene rings is 1. The first-order valence-electron chi connectivity index (χ1n) is 7.77. The van der Waals surface area contributed by atoms with Crippen LogP contribution in [0, 0.1) is 11.7 Å². The Morgan fingerprint density at radius 1 is 1.16 bits per heavy atom. The largest absolute Gasteiger partial charge is 0.492 e. The zero-order valence-corrected chi connectivity index (χ0v) is 14.5. The summed E-state index contributed by atoms with van der Waals surface area (Å²) >= 11 is 12.0. The van der Waals surface area contributed by atoms with E-state index in [-0.39, 0.29) is 10.7 Å². The van der Waals surface area contributed by atoms with Crippen molar-refractivity contribution in [1.82, 2.24) is 15.0 Å². The van der Waals surface area contributed by atoms with Gasteiger partial charge in [-0.05, 0) is 43.0 Å². The molecule has 1 saturated carbocycles. The van der Waals surface area contributed by atoms with Crippen LogP contribution in [0.4, 0.5) is 15.9 Å². The SMILES string of the molecule is Fc1c(Nc2ncnc3ccc(Cl)nc23)ccc(OCC2CC2)c1Cl. The summed E-state index contributed by atoms with van der Waals surface area (Å²) in [6.45, 7) is 0.560. The van der Waals surface area contributed by atoms with Gasteiger partial charge in [-0.1, -0.05) is 23.2 Å². The minimum atomic E-state index is -0.608. The van der Waals surface area contributed by atoms with E-state index in [0.29, 0.717) is 40.3 Å². The molecule has 3 aromatic rings. The third kappa shape index (κ3) is 3.45. The van der Waals surface area contributed by atoms with Gasteiger partial charge in [-0.2, -0.15) is 0 Å². The zero-order valence-electron chi connectivity index (χ0n) is 13.0. The van der Waals surface area contributed by atoms with Crippen LogP contribution >= 0.6 is 23.2 Å². The van der Waals surface area contributed by atoms with E-state index in [4.69, 9.17) is 27.9 Å². The van der Waals surface area contributed by atoms with E-state index >= 15 is 0 Å². The third-order valence-electron chi connectivity index (χ3n) is 3.92. The molecular weight excluding hydrogens is 366 g/mol. The van der Waals surface area contributed by atoms with Gasteiger partial charge in [0, 0.05) is 0 Å². The van der Waals surface area contributed by atoms with E-state index in [1.54, 1.807) is 24.3 Å². The number of nitrogens with zero attached hydrogens (tertiary/aromatic N) is 3. The first-order valence-corrected chi connectivity index (χ1v) is 8.52. The van der Waals surface area contributed by atoms with Gasteiger partial charge in [0.1, 0.15) is 27.8 Å². The molecule has 0 radical (unpaired) electrons. The molecule has 1 N–H and O–H groups in total. The van der Waals surface area contributed by atoms with Gasteiger partial charge >= 0.3 is 0 Å². The number of hydrogen-bond acceptors (Lipinski definition) is 5. The summed E-state index contributed by atoms with van der Waals surface area (Å²) in [6, 6.07) is 6.54. The topological polar surface area (TPSA) is 59.9 Å². The molecule has 0 amide bonds. The summed E-state index contributed by atoms with van der Waals surface area (Å²) in [7, 11) is 0. The highest BCUT2D eigenvalue weighted by molar-refractivity contribution is 6.32. The summed E-state index contributed by atoms with van der Waals surface area (Å²) in [6.07, 6.45) is 3.67. The van der Waals surface area contributed by atoms with Crippen molar-refractivity contribution in [2.24, 2.45) is 5.92 Å². The Kier molecular flexibility index (Phi) is 4.31. The monoisotopic (exact) mass is 378 g/mol. The Morgan fingerprint density at radius 3 is 2.80 bits per heavy atom. The molecule has 2 heterocycles. The molecule has 128 valence electrons. The summed E-state index contributed by atoms with van der Waals surface area (Å²) in [5.74, 6) is 0.628. The molecule has 0 saturated heterocycles. The van der Waals surface area contributed by atoms with E-state index in [1.807, 2.05) is 0 Å². The van der Waals surface area contributed by atoms with Crippen LogP contribution in [0.5, 0.6) is 5.75 Å². The number of pyridine rings is 1. The van der Waals surface area contributed by atoms with Crippen molar-refractivity contribution < 1.29 is 9.13 Å². The maximum absolute atomic E-state index is 14.6. The lowest BCUT2D eigenvalue weighted by Crippen LogP contribution is -2.03. The fourth-order valence-electron chi connectivity index (χ4n) is 2.37. The van der Waals surface area contributed by atoms with Gasteiger partial charge in [0.25, 0.3) is 0 Å². The summed E-state index contributed by atoms with van der Waals surface area (Å²) < 4.78 is 20.2. The zero-order chi connectivity index (χ0) is 17.4. The van der Waals surface area contributed by atoms with Gasteiger partial charge in [-0.25, -0.2) is 19.3 Å². The maximum Gasteiger partial charge on any atom is 0.169 e. The predicted octanol–water partition coefficient (Wildman–Crippen LogP) is 5.00. The van der Waals surface area contributed by atoms with E-state index in [0.717, 1.165) is 12.8 Å². The van der Waals surface area contributed by atoms with Crippen LogP contribution in [-0.4, -0.2) is 21.6 Å². The van der Waals surface area contributed by atoms with Crippen molar-refractivity contribution in [2.75, 3.05) is 11.9 Å². The second-order valence-electron chi connectivity index (χ2n) is 5.84. The fraction of sp³-hybridized carbons (Fsp3) is 0.235. The van der Waals surface area contributed by atoms with Gasteiger partial charge in [-0.15, -0.1) is 0 Å². The molecule has 1 fully saturated rings. The molecular formula is C17H13Cl2FN4O. The minimum absolute atomic E-state index is 0.0602. The Balaban J connectivity index is 1.64. The van der Waals surface area contributed by atoms with Gasteiger partial charge in [0.05, 0.1) is 17.8 Å². The average molecular weight is 379 g/mol. The molecule has 0 atom stereocenters. The highest BCUT2D eigenvalue weighted by atomic mass is 35.5. The van der Waals surface area contributed by atoms with E-state index < -0.39 is 5.82 Å². The molecule has 0 unspecified atom stereocenters. The fourth-order valence-corrected chi connectivity index (χ4v) is 2.73. The van der Waals surface area contributed by atoms with Crippen LogP contribution in [0.25, 0.3) is 11.0 Å². The van der Waals surface area contributed by atoms with Crippen molar-refractivity contribution in [3.63, 3.8) is 0 Å². The van der Waals surface area contributed by atoms with Crippen LogP contribution < -0.4 is 10.1 Å². The number of nitrogens with one attached hydrogen (secondary N) is 1. The molecule has 8 heteroatoms. The molecule has 5 nitrogen and oxygen atoms in total. The lowest BCUT2D eigenvalue weighted by atomic mass is 10.2. The third-order valence-corrected chi connectivity index (χ3v) is 4.48. The second-order valence-corrected chi connectivity index (χ2v) is 6.61. The first kappa shape index (κ1) is 16.3. The number of fused-ring (bicyclic) bond motifs is 1. The number of halogens is 3. The predicted molar refractivity (Wildman–Crippen MR) is 95.3 cm³/mol. The number of rotatable bonds is 5. The van der Waals surface area contributed by atoms with Crippen LogP contribution in [0.1, 0.15) is 12.8 Å². The Bertz CT molecular complexity index is 949. The van der Waals surface area contributed by atoms with Crippen molar-refractivity contribution in [3.05, 3.63) is 46.6 Å². The molecule has 0 aliphatic heterocycles. The Labute approximate surface area is 153 Å². The summed E-state index contributed by atoms with van der Waals surface area (Å²) in [5, 5.41) is 3.14. The molecule has 2 aromatic heterocycles. The Morgan fingerprint density at radius 2 is 2.00 bits per heavy atom. The molecule has 1 aromatic carbocycles. The standard InChI is InChI=1S/C17H13Cl2FN4O/c18-13-6-4-11-16(24-13)17(22-8-21-11)23-10-3-5-12(14(19)15(10)20)25-7-9-1-2-9/h3-6,8-9H,1-2,7H2,(H,21,22,23). The molecule has 0 bridgehead atoms. The van der Waals surface area contributed by atoms with E-state index in [9.17, 15) is 4.39 Å². The van der Waals surface area contributed by atoms with Crippen molar-refractivity contribution in [1.29, 1.82) is 0 Å². The summed E-state index contributed by atoms with van der Waals surface area (Å²) in [4.78, 5) is 12.4. The number of ether oxygens (including phenoxy) is 1. The van der Waals surface area contributed by atoms with Gasteiger partial charge in [-0.3, -0.25) is 0 Å². The van der Waals surface area contributed by atoms with Crippen molar-refractivity contribution >= 4 is 45.7 Å².